The van der Waals surface area contributed by atoms with Crippen LogP contribution in [0, 0.1) is 12.8 Å². The highest BCUT2D eigenvalue weighted by Gasteiger charge is 2.08. The lowest BCUT2D eigenvalue weighted by atomic mass is 10.2. The number of benzene rings is 1. The zero-order valence-corrected chi connectivity index (χ0v) is 12.5. The van der Waals surface area contributed by atoms with E-state index in [0.29, 0.717) is 5.92 Å². The summed E-state index contributed by atoms with van der Waals surface area (Å²) in [4.78, 5) is 0. The maximum absolute atomic E-state index is 4.59. The number of halogens is 1. The van der Waals surface area contributed by atoms with Gasteiger partial charge in [-0.25, -0.2) is 4.68 Å². The smallest absolute Gasteiger partial charge is 0.148 e. The zero-order valence-electron chi connectivity index (χ0n) is 10.9. The lowest BCUT2D eigenvalue weighted by molar-refractivity contribution is 0.685. The van der Waals surface area contributed by atoms with Gasteiger partial charge < -0.3 is 5.32 Å². The van der Waals surface area contributed by atoms with E-state index < -0.39 is 0 Å². The van der Waals surface area contributed by atoms with Gasteiger partial charge in [-0.05, 0) is 40.9 Å². The van der Waals surface area contributed by atoms with Gasteiger partial charge in [-0.1, -0.05) is 26.0 Å². The van der Waals surface area contributed by atoms with Gasteiger partial charge in [0.25, 0.3) is 0 Å². The first-order valence-corrected chi connectivity index (χ1v) is 6.92. The first-order valence-electron chi connectivity index (χ1n) is 6.13. The highest BCUT2D eigenvalue weighted by Crippen LogP contribution is 2.22. The van der Waals surface area contributed by atoms with E-state index in [0.717, 1.165) is 28.2 Å². The molecule has 0 spiro atoms. The average molecular weight is 308 g/mol. The molecule has 0 saturated heterocycles. The molecule has 0 saturated carbocycles. The SMILES string of the molecule is Cc1cc(NCC(C)C)nn1-c1ccccc1Br. The highest BCUT2D eigenvalue weighted by atomic mass is 79.9. The third kappa shape index (κ3) is 2.93. The van der Waals surface area contributed by atoms with Gasteiger partial charge in [0.2, 0.25) is 0 Å². The van der Waals surface area contributed by atoms with Crippen LogP contribution >= 0.6 is 15.9 Å². The van der Waals surface area contributed by atoms with Crippen molar-refractivity contribution in [3.63, 3.8) is 0 Å². The molecule has 0 unspecified atom stereocenters. The molecule has 18 heavy (non-hydrogen) atoms. The monoisotopic (exact) mass is 307 g/mol. The molecule has 2 rings (SSSR count). The van der Waals surface area contributed by atoms with Crippen molar-refractivity contribution in [2.75, 3.05) is 11.9 Å². The van der Waals surface area contributed by atoms with E-state index in [9.17, 15) is 0 Å². The van der Waals surface area contributed by atoms with E-state index in [1.165, 1.54) is 0 Å². The summed E-state index contributed by atoms with van der Waals surface area (Å²) < 4.78 is 3.00. The van der Waals surface area contributed by atoms with Crippen LogP contribution in [-0.2, 0) is 0 Å². The maximum atomic E-state index is 4.59. The van der Waals surface area contributed by atoms with Crippen LogP contribution in [0.4, 0.5) is 5.82 Å². The molecule has 0 atom stereocenters. The fraction of sp³-hybridized carbons (Fsp3) is 0.357. The molecule has 1 heterocycles. The third-order valence-corrected chi connectivity index (χ3v) is 3.33. The van der Waals surface area contributed by atoms with E-state index in [4.69, 9.17) is 0 Å². The van der Waals surface area contributed by atoms with Crippen molar-refractivity contribution in [3.05, 3.63) is 40.5 Å². The average Bonchev–Trinajstić information content (AvgIpc) is 2.69. The predicted molar refractivity (Wildman–Crippen MR) is 79.3 cm³/mol. The Labute approximate surface area is 116 Å². The van der Waals surface area contributed by atoms with Crippen molar-refractivity contribution in [1.82, 2.24) is 9.78 Å². The zero-order chi connectivity index (χ0) is 13.1. The van der Waals surface area contributed by atoms with Crippen molar-refractivity contribution in [2.45, 2.75) is 20.8 Å². The number of rotatable bonds is 4. The van der Waals surface area contributed by atoms with E-state index >= 15 is 0 Å². The second-order valence-corrected chi connectivity index (χ2v) is 5.66. The molecular weight excluding hydrogens is 290 g/mol. The Kier molecular flexibility index (Phi) is 4.07. The molecule has 1 aromatic heterocycles. The molecule has 2 aromatic rings. The maximum Gasteiger partial charge on any atom is 0.148 e. The first-order chi connectivity index (χ1) is 8.58. The van der Waals surface area contributed by atoms with Crippen molar-refractivity contribution in [3.8, 4) is 5.69 Å². The van der Waals surface area contributed by atoms with Crippen molar-refractivity contribution < 1.29 is 0 Å². The minimum absolute atomic E-state index is 0.610. The molecule has 0 aliphatic carbocycles. The van der Waals surface area contributed by atoms with Gasteiger partial charge in [-0.2, -0.15) is 5.10 Å². The molecule has 0 radical (unpaired) electrons. The van der Waals surface area contributed by atoms with Gasteiger partial charge in [-0.15, -0.1) is 0 Å². The van der Waals surface area contributed by atoms with Gasteiger partial charge in [0.05, 0.1) is 5.69 Å². The largest absolute Gasteiger partial charge is 0.368 e. The van der Waals surface area contributed by atoms with Gasteiger partial charge >= 0.3 is 0 Å². The highest BCUT2D eigenvalue weighted by molar-refractivity contribution is 9.10. The Hall–Kier alpha value is -1.29. The molecule has 0 aliphatic heterocycles. The standard InChI is InChI=1S/C14H18BrN3/c1-10(2)9-16-14-8-11(3)18(17-14)13-7-5-4-6-12(13)15/h4-8,10H,9H2,1-3H3,(H,16,17). The van der Waals surface area contributed by atoms with Crippen LogP contribution in [0.25, 0.3) is 5.69 Å². The van der Waals surface area contributed by atoms with Crippen LogP contribution in [0.15, 0.2) is 34.8 Å². The molecular formula is C14H18BrN3. The number of aromatic nitrogens is 2. The van der Waals surface area contributed by atoms with E-state index in [1.54, 1.807) is 0 Å². The number of nitrogens with one attached hydrogen (secondary N) is 1. The summed E-state index contributed by atoms with van der Waals surface area (Å²) in [5.74, 6) is 1.54. The minimum Gasteiger partial charge on any atom is -0.368 e. The fourth-order valence-corrected chi connectivity index (χ4v) is 2.19. The molecule has 1 N–H and O–H groups in total. The Bertz CT molecular complexity index is 532. The number of anilines is 1. The van der Waals surface area contributed by atoms with Crippen LogP contribution in [0.1, 0.15) is 19.5 Å². The second-order valence-electron chi connectivity index (χ2n) is 4.81. The normalized spacial score (nSPS) is 10.9. The van der Waals surface area contributed by atoms with Crippen LogP contribution in [0.3, 0.4) is 0 Å². The Morgan fingerprint density at radius 1 is 1.33 bits per heavy atom. The Morgan fingerprint density at radius 3 is 2.72 bits per heavy atom. The van der Waals surface area contributed by atoms with Crippen molar-refractivity contribution >= 4 is 21.7 Å². The summed E-state index contributed by atoms with van der Waals surface area (Å²) >= 11 is 3.56. The fourth-order valence-electron chi connectivity index (χ4n) is 1.74. The summed E-state index contributed by atoms with van der Waals surface area (Å²) in [7, 11) is 0. The van der Waals surface area contributed by atoms with Gasteiger partial charge in [-0.3, -0.25) is 0 Å². The van der Waals surface area contributed by atoms with Gasteiger partial charge in [0.1, 0.15) is 5.82 Å². The molecule has 4 heteroatoms. The Balaban J connectivity index is 2.27. The first kappa shape index (κ1) is 13.1. The minimum atomic E-state index is 0.610. The van der Waals surface area contributed by atoms with E-state index in [2.05, 4.69) is 59.2 Å². The lowest BCUT2D eigenvalue weighted by Gasteiger charge is -2.07. The lowest BCUT2D eigenvalue weighted by Crippen LogP contribution is -2.08. The molecule has 1 aromatic carbocycles. The van der Waals surface area contributed by atoms with E-state index in [-0.39, 0.29) is 0 Å². The molecule has 3 nitrogen and oxygen atoms in total. The summed E-state index contributed by atoms with van der Waals surface area (Å²) in [6.07, 6.45) is 0. The molecule has 0 amide bonds. The Morgan fingerprint density at radius 2 is 2.06 bits per heavy atom. The van der Waals surface area contributed by atoms with Crippen molar-refractivity contribution in [2.24, 2.45) is 5.92 Å². The van der Waals surface area contributed by atoms with Gasteiger partial charge in [0, 0.05) is 22.8 Å². The number of hydrogen-bond donors (Lipinski definition) is 1. The topological polar surface area (TPSA) is 29.9 Å². The summed E-state index contributed by atoms with van der Waals surface area (Å²) in [5.41, 5.74) is 2.18. The second kappa shape index (κ2) is 5.57. The molecule has 0 bridgehead atoms. The summed E-state index contributed by atoms with van der Waals surface area (Å²) in [5, 5.41) is 7.94. The van der Waals surface area contributed by atoms with Crippen LogP contribution in [0.5, 0.6) is 0 Å². The quantitative estimate of drug-likeness (QED) is 0.925. The predicted octanol–water partition coefficient (Wildman–Crippen LogP) is 4.01. The van der Waals surface area contributed by atoms with Crippen molar-refractivity contribution in [1.29, 1.82) is 0 Å². The van der Waals surface area contributed by atoms with Crippen LogP contribution in [-0.4, -0.2) is 16.3 Å². The molecule has 96 valence electrons. The number of hydrogen-bond acceptors (Lipinski definition) is 2. The van der Waals surface area contributed by atoms with Gasteiger partial charge in [0.15, 0.2) is 0 Å². The molecule has 0 aliphatic rings. The third-order valence-electron chi connectivity index (χ3n) is 2.66. The van der Waals surface area contributed by atoms with E-state index in [1.807, 2.05) is 22.9 Å². The van der Waals surface area contributed by atoms with Crippen LogP contribution in [0.2, 0.25) is 0 Å². The number of para-hydroxylation sites is 1. The molecule has 0 fully saturated rings. The number of nitrogens with zero attached hydrogens (tertiary/aromatic N) is 2. The number of aryl methyl sites for hydroxylation is 1. The van der Waals surface area contributed by atoms with Crippen LogP contribution < -0.4 is 5.32 Å². The summed E-state index contributed by atoms with van der Waals surface area (Å²) in [6.45, 7) is 7.37. The summed E-state index contributed by atoms with van der Waals surface area (Å²) in [6, 6.07) is 10.2.